The van der Waals surface area contributed by atoms with Crippen LogP contribution in [0.1, 0.15) is 18.4 Å². The molecule has 1 aliphatic heterocycles. The Balaban J connectivity index is 1.69. The van der Waals surface area contributed by atoms with E-state index in [4.69, 9.17) is 0 Å². The molecule has 4 nitrogen and oxygen atoms in total. The van der Waals surface area contributed by atoms with E-state index in [1.165, 1.54) is 12.0 Å². The number of hydrogen-bond acceptors (Lipinski definition) is 3. The molecule has 4 heteroatoms. The summed E-state index contributed by atoms with van der Waals surface area (Å²) in [4.78, 5) is 2.36. The Kier molecular flexibility index (Phi) is 3.62. The molecule has 2 aromatic rings. The van der Waals surface area contributed by atoms with E-state index in [0.29, 0.717) is 6.04 Å². The van der Waals surface area contributed by atoms with Crippen molar-refractivity contribution in [3.8, 4) is 5.69 Å². The number of hydrogen-bond donors (Lipinski definition) is 1. The van der Waals surface area contributed by atoms with E-state index < -0.39 is 0 Å². The van der Waals surface area contributed by atoms with Crippen LogP contribution < -0.4 is 0 Å². The summed E-state index contributed by atoms with van der Waals surface area (Å²) in [6.07, 6.45) is 6.03. The summed E-state index contributed by atoms with van der Waals surface area (Å²) in [7, 11) is 0. The Labute approximate surface area is 113 Å². The van der Waals surface area contributed by atoms with Crippen LogP contribution in [0, 0.1) is 0 Å². The third kappa shape index (κ3) is 2.69. The third-order valence-corrected chi connectivity index (χ3v) is 3.80. The minimum Gasteiger partial charge on any atom is -0.395 e. The number of benzene rings is 1. The first-order valence-electron chi connectivity index (χ1n) is 6.80. The van der Waals surface area contributed by atoms with Crippen molar-refractivity contribution in [1.29, 1.82) is 0 Å². The van der Waals surface area contributed by atoms with E-state index in [-0.39, 0.29) is 6.61 Å². The van der Waals surface area contributed by atoms with Crippen molar-refractivity contribution in [2.24, 2.45) is 0 Å². The predicted octanol–water partition coefficient (Wildman–Crippen LogP) is 1.83. The largest absolute Gasteiger partial charge is 0.395 e. The molecule has 0 spiro atoms. The van der Waals surface area contributed by atoms with Crippen LogP contribution in [0.25, 0.3) is 5.69 Å². The highest BCUT2D eigenvalue weighted by molar-refractivity contribution is 5.33. The van der Waals surface area contributed by atoms with Crippen LogP contribution in [0.4, 0.5) is 0 Å². The van der Waals surface area contributed by atoms with Crippen molar-refractivity contribution < 1.29 is 5.11 Å². The van der Waals surface area contributed by atoms with Gasteiger partial charge in [-0.05, 0) is 43.1 Å². The van der Waals surface area contributed by atoms with Gasteiger partial charge < -0.3 is 5.11 Å². The zero-order chi connectivity index (χ0) is 13.1. The quantitative estimate of drug-likeness (QED) is 0.908. The molecule has 0 bridgehead atoms. The maximum atomic E-state index is 9.33. The van der Waals surface area contributed by atoms with Gasteiger partial charge in [0.05, 0.1) is 12.3 Å². The Morgan fingerprint density at radius 3 is 2.79 bits per heavy atom. The summed E-state index contributed by atoms with van der Waals surface area (Å²) in [5.41, 5.74) is 2.37. The molecule has 3 rings (SSSR count). The summed E-state index contributed by atoms with van der Waals surface area (Å²) in [6.45, 7) is 2.28. The van der Waals surface area contributed by atoms with Gasteiger partial charge in [0.1, 0.15) is 0 Å². The summed E-state index contributed by atoms with van der Waals surface area (Å²) in [5, 5.41) is 13.5. The Hall–Kier alpha value is -1.65. The molecule has 1 atom stereocenters. The van der Waals surface area contributed by atoms with Gasteiger partial charge in [-0.1, -0.05) is 12.1 Å². The van der Waals surface area contributed by atoms with Crippen LogP contribution in [0.2, 0.25) is 0 Å². The first kappa shape index (κ1) is 12.4. The Morgan fingerprint density at radius 2 is 2.11 bits per heavy atom. The number of aliphatic hydroxyl groups is 1. The van der Waals surface area contributed by atoms with Crippen LogP contribution >= 0.6 is 0 Å². The number of aliphatic hydroxyl groups excluding tert-OH is 1. The van der Waals surface area contributed by atoms with Gasteiger partial charge in [0.25, 0.3) is 0 Å². The first-order valence-corrected chi connectivity index (χ1v) is 6.80. The Bertz CT molecular complexity index is 507. The standard InChI is InChI=1S/C15H19N3O/c19-12-15-3-1-9-17(15)11-13-4-6-14(7-5-13)18-10-2-8-16-18/h2,4-8,10,15,19H,1,3,9,11-12H2/t15-/m1/s1. The molecule has 100 valence electrons. The summed E-state index contributed by atoms with van der Waals surface area (Å²) >= 11 is 0. The lowest BCUT2D eigenvalue weighted by Gasteiger charge is -2.22. The van der Waals surface area contributed by atoms with Crippen molar-refractivity contribution in [3.05, 3.63) is 48.3 Å². The molecular weight excluding hydrogens is 238 g/mol. The molecule has 1 saturated heterocycles. The van der Waals surface area contributed by atoms with Gasteiger partial charge in [-0.15, -0.1) is 0 Å². The topological polar surface area (TPSA) is 41.3 Å². The fraction of sp³-hybridized carbons (Fsp3) is 0.400. The average Bonchev–Trinajstić information content (AvgIpc) is 3.10. The molecule has 0 radical (unpaired) electrons. The number of rotatable bonds is 4. The third-order valence-electron chi connectivity index (χ3n) is 3.80. The van der Waals surface area contributed by atoms with Crippen LogP contribution in [-0.4, -0.2) is 39.0 Å². The smallest absolute Gasteiger partial charge is 0.0645 e. The summed E-state index contributed by atoms with van der Waals surface area (Å²) in [5.74, 6) is 0. The van der Waals surface area contributed by atoms with Crippen LogP contribution in [0.5, 0.6) is 0 Å². The zero-order valence-electron chi connectivity index (χ0n) is 10.9. The van der Waals surface area contributed by atoms with Crippen molar-refractivity contribution in [3.63, 3.8) is 0 Å². The second-order valence-electron chi connectivity index (χ2n) is 5.07. The van der Waals surface area contributed by atoms with Gasteiger partial charge in [0.2, 0.25) is 0 Å². The molecule has 0 unspecified atom stereocenters. The van der Waals surface area contributed by atoms with Crippen molar-refractivity contribution in [2.45, 2.75) is 25.4 Å². The molecule has 0 amide bonds. The SMILES string of the molecule is OC[C@H]1CCCN1Cc1ccc(-n2cccn2)cc1. The first-order chi connectivity index (χ1) is 9.36. The highest BCUT2D eigenvalue weighted by Gasteiger charge is 2.23. The van der Waals surface area contributed by atoms with Crippen LogP contribution in [-0.2, 0) is 6.54 Å². The van der Waals surface area contributed by atoms with Crippen molar-refractivity contribution in [1.82, 2.24) is 14.7 Å². The Morgan fingerprint density at radius 1 is 1.26 bits per heavy atom. The number of aromatic nitrogens is 2. The highest BCUT2D eigenvalue weighted by atomic mass is 16.3. The van der Waals surface area contributed by atoms with Gasteiger partial charge in [0, 0.05) is 25.0 Å². The minimum atomic E-state index is 0.269. The molecule has 19 heavy (non-hydrogen) atoms. The van der Waals surface area contributed by atoms with Crippen LogP contribution in [0.3, 0.4) is 0 Å². The molecule has 1 N–H and O–H groups in total. The zero-order valence-corrected chi connectivity index (χ0v) is 10.9. The molecule has 2 heterocycles. The second-order valence-corrected chi connectivity index (χ2v) is 5.07. The van der Waals surface area contributed by atoms with Gasteiger partial charge in [-0.3, -0.25) is 4.90 Å². The molecule has 1 aromatic heterocycles. The molecule has 0 aliphatic carbocycles. The van der Waals surface area contributed by atoms with Gasteiger partial charge in [0.15, 0.2) is 0 Å². The highest BCUT2D eigenvalue weighted by Crippen LogP contribution is 2.20. The maximum absolute atomic E-state index is 9.33. The van der Waals surface area contributed by atoms with E-state index in [2.05, 4.69) is 34.3 Å². The normalized spacial score (nSPS) is 19.9. The average molecular weight is 257 g/mol. The maximum Gasteiger partial charge on any atom is 0.0645 e. The summed E-state index contributed by atoms with van der Waals surface area (Å²) < 4.78 is 1.86. The van der Waals surface area contributed by atoms with E-state index in [1.807, 2.05) is 16.9 Å². The van der Waals surface area contributed by atoms with E-state index in [1.54, 1.807) is 6.20 Å². The fourth-order valence-corrected chi connectivity index (χ4v) is 2.72. The van der Waals surface area contributed by atoms with Crippen molar-refractivity contribution >= 4 is 0 Å². The van der Waals surface area contributed by atoms with Crippen LogP contribution in [0.15, 0.2) is 42.7 Å². The molecule has 0 saturated carbocycles. The van der Waals surface area contributed by atoms with Gasteiger partial charge in [-0.2, -0.15) is 5.10 Å². The predicted molar refractivity (Wildman–Crippen MR) is 74.1 cm³/mol. The van der Waals surface area contributed by atoms with Crippen molar-refractivity contribution in [2.75, 3.05) is 13.2 Å². The fourth-order valence-electron chi connectivity index (χ4n) is 2.72. The lowest BCUT2D eigenvalue weighted by atomic mass is 10.1. The van der Waals surface area contributed by atoms with E-state index in [0.717, 1.165) is 25.2 Å². The minimum absolute atomic E-state index is 0.269. The molecule has 1 fully saturated rings. The number of nitrogens with zero attached hydrogens (tertiary/aromatic N) is 3. The lowest BCUT2D eigenvalue weighted by Crippen LogP contribution is -2.31. The summed E-state index contributed by atoms with van der Waals surface area (Å²) in [6, 6.07) is 10.7. The van der Waals surface area contributed by atoms with Gasteiger partial charge in [-0.25, -0.2) is 4.68 Å². The van der Waals surface area contributed by atoms with E-state index in [9.17, 15) is 5.11 Å². The monoisotopic (exact) mass is 257 g/mol. The lowest BCUT2D eigenvalue weighted by molar-refractivity contribution is 0.153. The van der Waals surface area contributed by atoms with Gasteiger partial charge >= 0.3 is 0 Å². The second kappa shape index (κ2) is 5.55. The molecule has 1 aromatic carbocycles. The molecular formula is C15H19N3O. The molecule has 1 aliphatic rings. The number of likely N-dealkylation sites (tertiary alicyclic amines) is 1. The van der Waals surface area contributed by atoms with E-state index >= 15 is 0 Å².